The number of benzene rings is 3. The van der Waals surface area contributed by atoms with Crippen LogP contribution in [0.2, 0.25) is 0 Å². The summed E-state index contributed by atoms with van der Waals surface area (Å²) in [5.74, 6) is 0.00386. The number of allylic oxidation sites excluding steroid dienone is 1. The molecule has 1 amide bonds. The molecule has 0 unspecified atom stereocenters. The third-order valence-electron chi connectivity index (χ3n) is 5.93. The molecule has 0 bridgehead atoms. The molecule has 3 aromatic rings. The van der Waals surface area contributed by atoms with E-state index in [1.54, 1.807) is 12.1 Å². The van der Waals surface area contributed by atoms with E-state index in [1.807, 2.05) is 94.1 Å². The van der Waals surface area contributed by atoms with E-state index >= 15 is 0 Å². The predicted molar refractivity (Wildman–Crippen MR) is 128 cm³/mol. The Bertz CT molecular complexity index is 1250. The zero-order valence-corrected chi connectivity index (χ0v) is 19.1. The number of amides is 1. The highest BCUT2D eigenvalue weighted by Gasteiger charge is 2.36. The molecule has 0 aliphatic carbocycles. The maximum atomic E-state index is 13.6. The summed E-state index contributed by atoms with van der Waals surface area (Å²) in [6.45, 7) is 9.90. The topological polar surface area (TPSA) is 46.6 Å². The Kier molecular flexibility index (Phi) is 5.47. The van der Waals surface area contributed by atoms with Crippen molar-refractivity contribution in [2.45, 2.75) is 40.2 Å². The molecule has 4 rings (SSSR count). The Morgan fingerprint density at radius 1 is 0.812 bits per heavy atom. The summed E-state index contributed by atoms with van der Waals surface area (Å²) in [7, 11) is 0. The molecule has 1 aliphatic heterocycles. The van der Waals surface area contributed by atoms with Gasteiger partial charge >= 0.3 is 5.97 Å². The van der Waals surface area contributed by atoms with Crippen LogP contribution in [0, 0.1) is 13.8 Å². The number of nitrogens with zero attached hydrogens (tertiary/aromatic N) is 1. The van der Waals surface area contributed by atoms with Gasteiger partial charge in [0.1, 0.15) is 5.75 Å². The number of fused-ring (bicyclic) bond motifs is 1. The Hall–Kier alpha value is -3.66. The van der Waals surface area contributed by atoms with Crippen LogP contribution in [0.3, 0.4) is 0 Å². The van der Waals surface area contributed by atoms with E-state index in [9.17, 15) is 9.59 Å². The lowest BCUT2D eigenvalue weighted by Gasteiger charge is -2.41. The van der Waals surface area contributed by atoms with Gasteiger partial charge in [0, 0.05) is 11.1 Å². The lowest BCUT2D eigenvalue weighted by atomic mass is 9.87. The molecule has 4 nitrogen and oxygen atoms in total. The van der Waals surface area contributed by atoms with Gasteiger partial charge in [0.2, 0.25) is 0 Å². The highest BCUT2D eigenvalue weighted by molar-refractivity contribution is 6.10. The first kappa shape index (κ1) is 21.6. The summed E-state index contributed by atoms with van der Waals surface area (Å²) in [6.07, 6.45) is 2.08. The van der Waals surface area contributed by atoms with E-state index in [0.29, 0.717) is 16.9 Å². The molecule has 3 aromatic carbocycles. The molecule has 0 atom stereocenters. The van der Waals surface area contributed by atoms with E-state index in [-0.39, 0.29) is 5.91 Å². The molecule has 0 spiro atoms. The highest BCUT2D eigenvalue weighted by Crippen LogP contribution is 2.41. The predicted octanol–water partition coefficient (Wildman–Crippen LogP) is 6.36. The minimum atomic E-state index is -0.504. The van der Waals surface area contributed by atoms with Gasteiger partial charge in [-0.15, -0.1) is 0 Å². The normalized spacial score (nSPS) is 14.4. The van der Waals surface area contributed by atoms with Crippen LogP contribution in [0.4, 0.5) is 5.69 Å². The second kappa shape index (κ2) is 8.12. The summed E-state index contributed by atoms with van der Waals surface area (Å²) in [6, 6.07) is 20.4. The lowest BCUT2D eigenvalue weighted by Crippen LogP contribution is -2.49. The van der Waals surface area contributed by atoms with E-state index in [2.05, 4.69) is 6.08 Å². The average molecular weight is 426 g/mol. The van der Waals surface area contributed by atoms with Crippen molar-refractivity contribution in [1.82, 2.24) is 0 Å². The number of ether oxygens (including phenoxy) is 1. The van der Waals surface area contributed by atoms with Gasteiger partial charge < -0.3 is 4.74 Å². The fourth-order valence-electron chi connectivity index (χ4n) is 4.34. The van der Waals surface area contributed by atoms with Gasteiger partial charge in [-0.2, -0.15) is 0 Å². The van der Waals surface area contributed by atoms with Crippen molar-refractivity contribution < 1.29 is 14.3 Å². The smallest absolute Gasteiger partial charge is 0.343 e. The maximum Gasteiger partial charge on any atom is 0.343 e. The number of carbonyl (C=O) groups is 2. The van der Waals surface area contributed by atoms with Crippen molar-refractivity contribution in [2.24, 2.45) is 0 Å². The minimum Gasteiger partial charge on any atom is -0.423 e. The Labute approximate surface area is 189 Å². The van der Waals surface area contributed by atoms with Crippen LogP contribution in [-0.2, 0) is 0 Å². The third-order valence-corrected chi connectivity index (χ3v) is 5.93. The number of esters is 1. The van der Waals surface area contributed by atoms with Gasteiger partial charge in [0.15, 0.2) is 0 Å². The van der Waals surface area contributed by atoms with Crippen molar-refractivity contribution in [3.8, 4) is 5.75 Å². The van der Waals surface area contributed by atoms with Gasteiger partial charge in [0.05, 0.1) is 16.8 Å². The first-order valence-electron chi connectivity index (χ1n) is 10.7. The molecule has 1 heterocycles. The van der Waals surface area contributed by atoms with Gasteiger partial charge in [-0.05, 0) is 81.7 Å². The van der Waals surface area contributed by atoms with E-state index in [4.69, 9.17) is 4.74 Å². The maximum absolute atomic E-state index is 13.6. The van der Waals surface area contributed by atoms with Gasteiger partial charge in [-0.3, -0.25) is 9.69 Å². The van der Waals surface area contributed by atoms with Crippen LogP contribution >= 0.6 is 0 Å². The first-order chi connectivity index (χ1) is 15.2. The van der Waals surface area contributed by atoms with Crippen molar-refractivity contribution in [3.63, 3.8) is 0 Å². The van der Waals surface area contributed by atoms with Crippen molar-refractivity contribution in [1.29, 1.82) is 0 Å². The standard InChI is InChI=1S/C28H27NO3/c1-18-10-6-8-12-22(18)26(30)29-25-15-14-21(16-24(25)20(3)17-28(29,4)5)32-27(31)23-13-9-7-11-19(23)2/h6-17H,1-5H3. The minimum absolute atomic E-state index is 0.0530. The quantitative estimate of drug-likeness (QED) is 0.362. The number of rotatable bonds is 3. The Morgan fingerprint density at radius 2 is 1.41 bits per heavy atom. The first-order valence-corrected chi connectivity index (χ1v) is 10.7. The molecule has 0 saturated heterocycles. The van der Waals surface area contributed by atoms with Crippen molar-refractivity contribution in [3.05, 3.63) is 101 Å². The molecule has 0 aromatic heterocycles. The molecule has 0 N–H and O–H groups in total. The van der Waals surface area contributed by atoms with Gasteiger partial charge in [-0.25, -0.2) is 4.79 Å². The molecule has 1 aliphatic rings. The number of anilines is 1. The van der Waals surface area contributed by atoms with Crippen molar-refractivity contribution in [2.75, 3.05) is 4.90 Å². The number of hydrogen-bond donors (Lipinski definition) is 0. The van der Waals surface area contributed by atoms with Crippen LogP contribution in [-0.4, -0.2) is 17.4 Å². The van der Waals surface area contributed by atoms with Crippen LogP contribution < -0.4 is 9.64 Å². The lowest BCUT2D eigenvalue weighted by molar-refractivity contribution is 0.0733. The fraction of sp³-hybridized carbons (Fsp3) is 0.214. The zero-order chi connectivity index (χ0) is 23.0. The monoisotopic (exact) mass is 425 g/mol. The fourth-order valence-corrected chi connectivity index (χ4v) is 4.34. The average Bonchev–Trinajstić information content (AvgIpc) is 2.74. The van der Waals surface area contributed by atoms with E-state index in [1.165, 1.54) is 0 Å². The van der Waals surface area contributed by atoms with E-state index in [0.717, 1.165) is 28.0 Å². The summed E-state index contributed by atoms with van der Waals surface area (Å²) in [4.78, 5) is 28.1. The Morgan fingerprint density at radius 3 is 2.03 bits per heavy atom. The van der Waals surface area contributed by atoms with Gasteiger partial charge in [0.25, 0.3) is 5.91 Å². The molecular formula is C28H27NO3. The van der Waals surface area contributed by atoms with Gasteiger partial charge in [-0.1, -0.05) is 42.5 Å². The van der Waals surface area contributed by atoms with Crippen molar-refractivity contribution >= 4 is 23.1 Å². The molecule has 4 heteroatoms. The summed E-state index contributed by atoms with van der Waals surface area (Å²) >= 11 is 0. The van der Waals surface area contributed by atoms with Crippen LogP contribution in [0.5, 0.6) is 5.75 Å². The van der Waals surface area contributed by atoms with Crippen LogP contribution in [0.25, 0.3) is 5.57 Å². The Balaban J connectivity index is 1.72. The summed E-state index contributed by atoms with van der Waals surface area (Å²) in [5, 5.41) is 0. The molecule has 162 valence electrons. The number of aryl methyl sites for hydroxylation is 2. The third kappa shape index (κ3) is 3.84. The number of carbonyl (C=O) groups excluding carboxylic acids is 2. The zero-order valence-electron chi connectivity index (χ0n) is 19.1. The molecule has 0 radical (unpaired) electrons. The van der Waals surface area contributed by atoms with Crippen LogP contribution in [0.1, 0.15) is 58.2 Å². The highest BCUT2D eigenvalue weighted by atomic mass is 16.5. The molecular weight excluding hydrogens is 398 g/mol. The number of hydrogen-bond acceptors (Lipinski definition) is 3. The van der Waals surface area contributed by atoms with Crippen LogP contribution in [0.15, 0.2) is 72.8 Å². The molecule has 32 heavy (non-hydrogen) atoms. The second-order valence-corrected chi connectivity index (χ2v) is 8.82. The summed E-state index contributed by atoms with van der Waals surface area (Å²) < 4.78 is 5.68. The molecule has 0 saturated carbocycles. The molecule has 0 fully saturated rings. The SMILES string of the molecule is CC1=CC(C)(C)N(C(=O)c2ccccc2C)c2ccc(OC(=O)c3ccccc3C)cc21. The summed E-state index contributed by atoms with van der Waals surface area (Å²) in [5.41, 5.74) is 5.22. The second-order valence-electron chi connectivity index (χ2n) is 8.82. The van der Waals surface area contributed by atoms with E-state index < -0.39 is 11.5 Å². The largest absolute Gasteiger partial charge is 0.423 e.